The number of hydrogen-bond acceptors (Lipinski definition) is 5. The lowest BCUT2D eigenvalue weighted by atomic mass is 9.86. The number of carboxylic acids is 1. The summed E-state index contributed by atoms with van der Waals surface area (Å²) in [4.78, 5) is 22.4. The first-order valence-electron chi connectivity index (χ1n) is 9.77. The number of benzene rings is 2. The van der Waals surface area contributed by atoms with Crippen LogP contribution in [0.5, 0.6) is 5.75 Å². The van der Waals surface area contributed by atoms with E-state index in [9.17, 15) is 15.0 Å². The van der Waals surface area contributed by atoms with Gasteiger partial charge in [-0.05, 0) is 48.6 Å². The van der Waals surface area contributed by atoms with Gasteiger partial charge in [0.2, 0.25) is 0 Å². The Kier molecular flexibility index (Phi) is 4.32. The highest BCUT2D eigenvalue weighted by molar-refractivity contribution is 5.96. The van der Waals surface area contributed by atoms with Crippen molar-refractivity contribution in [2.24, 2.45) is 0 Å². The number of allylic oxidation sites excluding steroid dienone is 3. The van der Waals surface area contributed by atoms with Crippen LogP contribution in [0, 0.1) is 0 Å². The number of anilines is 1. The van der Waals surface area contributed by atoms with Gasteiger partial charge in [-0.2, -0.15) is 0 Å². The standard InChI is InChI=1S/C24H19N3O3/c28-23-11-6-16(12-18(23)24(29)30)27-21(15-4-2-1-3-5-15)9-7-17-19-13-25-14-26-20(19)8-10-22(17)27/h1-6,9,11-14,28H,7-8,10H2,(H,29,30). The van der Waals surface area contributed by atoms with Crippen LogP contribution < -0.4 is 4.90 Å². The quantitative estimate of drug-likeness (QED) is 0.677. The third-order valence-electron chi connectivity index (χ3n) is 5.62. The Morgan fingerprint density at radius 1 is 1.07 bits per heavy atom. The van der Waals surface area contributed by atoms with Gasteiger partial charge < -0.3 is 15.1 Å². The van der Waals surface area contributed by atoms with Gasteiger partial charge in [-0.25, -0.2) is 14.8 Å². The first kappa shape index (κ1) is 18.1. The Morgan fingerprint density at radius 2 is 1.90 bits per heavy atom. The molecular formula is C24H19N3O3. The first-order chi connectivity index (χ1) is 14.6. The van der Waals surface area contributed by atoms with Crippen LogP contribution in [0.25, 0.3) is 11.3 Å². The van der Waals surface area contributed by atoms with Gasteiger partial charge in [-0.3, -0.25) is 0 Å². The Labute approximate surface area is 173 Å². The molecular weight excluding hydrogens is 378 g/mol. The topological polar surface area (TPSA) is 86.5 Å². The number of fused-ring (bicyclic) bond motifs is 2. The number of aromatic carboxylic acids is 1. The van der Waals surface area contributed by atoms with Crippen LogP contribution in [-0.2, 0) is 6.42 Å². The van der Waals surface area contributed by atoms with Gasteiger partial charge in [-0.15, -0.1) is 0 Å². The molecule has 2 N–H and O–H groups in total. The summed E-state index contributed by atoms with van der Waals surface area (Å²) in [5.74, 6) is -1.40. The molecule has 6 nitrogen and oxygen atoms in total. The predicted octanol–water partition coefficient (Wildman–Crippen LogP) is 4.49. The second kappa shape index (κ2) is 7.15. The number of nitrogens with zero attached hydrogens (tertiary/aromatic N) is 3. The maximum absolute atomic E-state index is 11.6. The molecule has 2 aromatic carbocycles. The lowest BCUT2D eigenvalue weighted by Gasteiger charge is -2.38. The van der Waals surface area contributed by atoms with Crippen molar-refractivity contribution in [3.05, 3.63) is 95.2 Å². The van der Waals surface area contributed by atoms with Crippen molar-refractivity contribution < 1.29 is 15.0 Å². The minimum Gasteiger partial charge on any atom is -0.507 e. The first-order valence-corrected chi connectivity index (χ1v) is 9.77. The fourth-order valence-electron chi connectivity index (χ4n) is 4.24. The minimum absolute atomic E-state index is 0.118. The monoisotopic (exact) mass is 397 g/mol. The summed E-state index contributed by atoms with van der Waals surface area (Å²) in [7, 11) is 0. The smallest absolute Gasteiger partial charge is 0.339 e. The molecule has 0 bridgehead atoms. The van der Waals surface area contributed by atoms with Crippen LogP contribution in [0.15, 0.2) is 72.8 Å². The Morgan fingerprint density at radius 3 is 2.70 bits per heavy atom. The van der Waals surface area contributed by atoms with E-state index in [-0.39, 0.29) is 11.3 Å². The van der Waals surface area contributed by atoms with Crippen molar-refractivity contribution in [3.8, 4) is 5.75 Å². The van der Waals surface area contributed by atoms with E-state index in [2.05, 4.69) is 20.9 Å². The normalized spacial score (nSPS) is 15.3. The molecule has 0 unspecified atom stereocenters. The number of phenols is 1. The van der Waals surface area contributed by atoms with Crippen LogP contribution in [-0.4, -0.2) is 26.2 Å². The summed E-state index contributed by atoms with van der Waals surface area (Å²) < 4.78 is 0. The molecule has 0 amide bonds. The zero-order valence-corrected chi connectivity index (χ0v) is 16.1. The molecule has 30 heavy (non-hydrogen) atoms. The Balaban J connectivity index is 1.71. The summed E-state index contributed by atoms with van der Waals surface area (Å²) >= 11 is 0. The molecule has 0 spiro atoms. The van der Waals surface area contributed by atoms with E-state index in [1.165, 1.54) is 12.1 Å². The second-order valence-electron chi connectivity index (χ2n) is 7.31. The number of rotatable bonds is 3. The van der Waals surface area contributed by atoms with Gasteiger partial charge >= 0.3 is 5.97 Å². The second-order valence-corrected chi connectivity index (χ2v) is 7.31. The maximum Gasteiger partial charge on any atom is 0.339 e. The molecule has 148 valence electrons. The van der Waals surface area contributed by atoms with Gasteiger partial charge in [0.15, 0.2) is 0 Å². The fraction of sp³-hybridized carbons (Fsp3) is 0.125. The van der Waals surface area contributed by atoms with E-state index >= 15 is 0 Å². The Hall–Kier alpha value is -3.93. The van der Waals surface area contributed by atoms with Crippen molar-refractivity contribution >= 4 is 22.9 Å². The number of carboxylic acid groups (broad SMARTS) is 1. The largest absolute Gasteiger partial charge is 0.507 e. The number of carbonyl (C=O) groups is 1. The molecule has 0 saturated carbocycles. The van der Waals surface area contributed by atoms with Crippen LogP contribution in [0.4, 0.5) is 5.69 Å². The third kappa shape index (κ3) is 2.93. The summed E-state index contributed by atoms with van der Waals surface area (Å²) in [5, 5.41) is 19.5. The molecule has 2 aliphatic rings. The molecule has 1 aromatic heterocycles. The van der Waals surface area contributed by atoms with Crippen LogP contribution in [0.1, 0.15) is 40.0 Å². The summed E-state index contributed by atoms with van der Waals surface area (Å²) in [5.41, 5.74) is 6.98. The molecule has 0 saturated heterocycles. The number of aryl methyl sites for hydroxylation is 1. The molecule has 5 rings (SSSR count). The highest BCUT2D eigenvalue weighted by atomic mass is 16.4. The van der Waals surface area contributed by atoms with E-state index in [1.807, 2.05) is 36.5 Å². The van der Waals surface area contributed by atoms with Gasteiger partial charge in [0.05, 0.1) is 5.69 Å². The van der Waals surface area contributed by atoms with E-state index in [1.54, 1.807) is 12.4 Å². The predicted molar refractivity (Wildman–Crippen MR) is 114 cm³/mol. The van der Waals surface area contributed by atoms with Crippen molar-refractivity contribution in [1.82, 2.24) is 9.97 Å². The molecule has 0 fully saturated rings. The lowest BCUT2D eigenvalue weighted by Crippen LogP contribution is -2.28. The van der Waals surface area contributed by atoms with Crippen LogP contribution in [0.2, 0.25) is 0 Å². The third-order valence-corrected chi connectivity index (χ3v) is 5.62. The summed E-state index contributed by atoms with van der Waals surface area (Å²) in [6.07, 6.45) is 7.92. The molecule has 6 heteroatoms. The highest BCUT2D eigenvalue weighted by Gasteiger charge is 2.30. The molecule has 0 radical (unpaired) electrons. The van der Waals surface area contributed by atoms with E-state index in [0.717, 1.165) is 53.1 Å². The SMILES string of the molecule is O=C(O)c1cc(N2C(c3ccccc3)=CCC3=C2CCc2ncncc23)ccc1O. The number of aromatic hydroxyl groups is 1. The molecule has 3 aromatic rings. The van der Waals surface area contributed by atoms with Crippen LogP contribution >= 0.6 is 0 Å². The number of aromatic nitrogens is 2. The minimum atomic E-state index is -1.16. The van der Waals surface area contributed by atoms with Crippen LogP contribution in [0.3, 0.4) is 0 Å². The Bertz CT molecular complexity index is 1220. The van der Waals surface area contributed by atoms with Gasteiger partial charge in [-0.1, -0.05) is 36.4 Å². The zero-order chi connectivity index (χ0) is 20.7. The average molecular weight is 397 g/mol. The summed E-state index contributed by atoms with van der Waals surface area (Å²) in [6.45, 7) is 0. The van der Waals surface area contributed by atoms with E-state index < -0.39 is 5.97 Å². The summed E-state index contributed by atoms with van der Waals surface area (Å²) in [6, 6.07) is 14.8. The molecule has 0 atom stereocenters. The van der Waals surface area contributed by atoms with Crippen molar-refractivity contribution in [2.45, 2.75) is 19.3 Å². The van der Waals surface area contributed by atoms with Gasteiger partial charge in [0.1, 0.15) is 17.6 Å². The van der Waals surface area contributed by atoms with Crippen molar-refractivity contribution in [3.63, 3.8) is 0 Å². The maximum atomic E-state index is 11.6. The zero-order valence-electron chi connectivity index (χ0n) is 16.1. The molecule has 1 aliphatic heterocycles. The van der Waals surface area contributed by atoms with Gasteiger partial charge in [0, 0.05) is 28.8 Å². The lowest BCUT2D eigenvalue weighted by molar-refractivity contribution is 0.0694. The highest BCUT2D eigenvalue weighted by Crippen LogP contribution is 2.44. The number of hydrogen-bond donors (Lipinski definition) is 2. The van der Waals surface area contributed by atoms with Crippen molar-refractivity contribution in [2.75, 3.05) is 4.90 Å². The van der Waals surface area contributed by atoms with E-state index in [4.69, 9.17) is 0 Å². The average Bonchev–Trinajstić information content (AvgIpc) is 2.79. The molecule has 1 aliphatic carbocycles. The van der Waals surface area contributed by atoms with Gasteiger partial charge in [0.25, 0.3) is 0 Å². The molecule has 2 heterocycles. The van der Waals surface area contributed by atoms with Crippen molar-refractivity contribution in [1.29, 1.82) is 0 Å². The van der Waals surface area contributed by atoms with E-state index in [0.29, 0.717) is 5.69 Å². The fourth-order valence-corrected chi connectivity index (χ4v) is 4.24.